The lowest BCUT2D eigenvalue weighted by Gasteiger charge is -2.18. The topological polar surface area (TPSA) is 78.9 Å². The molecule has 0 aliphatic carbocycles. The monoisotopic (exact) mass is 969 g/mol. The summed E-state index contributed by atoms with van der Waals surface area (Å²) in [5.41, 5.74) is 0. The van der Waals surface area contributed by atoms with Crippen LogP contribution in [0.3, 0.4) is 0 Å². The third-order valence-electron chi connectivity index (χ3n) is 13.6. The van der Waals surface area contributed by atoms with Crippen LogP contribution in [-0.2, 0) is 28.6 Å². The summed E-state index contributed by atoms with van der Waals surface area (Å²) >= 11 is 0. The minimum atomic E-state index is -0.777. The van der Waals surface area contributed by atoms with Gasteiger partial charge in [0.25, 0.3) is 0 Å². The van der Waals surface area contributed by atoms with E-state index in [2.05, 4.69) is 57.2 Å². The van der Waals surface area contributed by atoms with Crippen LogP contribution in [0.25, 0.3) is 0 Å². The summed E-state index contributed by atoms with van der Waals surface area (Å²) in [6.07, 6.45) is 69.9. The van der Waals surface area contributed by atoms with E-state index in [1.54, 1.807) is 0 Å². The number of allylic oxidation sites excluding steroid dienone is 6. The van der Waals surface area contributed by atoms with E-state index in [9.17, 15) is 14.4 Å². The summed E-state index contributed by atoms with van der Waals surface area (Å²) in [5.74, 6) is -0.871. The Morgan fingerprint density at radius 1 is 0.275 bits per heavy atom. The molecule has 6 nitrogen and oxygen atoms in total. The lowest BCUT2D eigenvalue weighted by molar-refractivity contribution is -0.167. The number of esters is 3. The molecule has 0 N–H and O–H groups in total. The minimum absolute atomic E-state index is 0.0750. The number of carbonyl (C=O) groups excluding carboxylic acids is 3. The van der Waals surface area contributed by atoms with E-state index in [1.807, 2.05) is 0 Å². The van der Waals surface area contributed by atoms with Gasteiger partial charge in [0.15, 0.2) is 6.10 Å². The smallest absolute Gasteiger partial charge is 0.306 e. The van der Waals surface area contributed by atoms with Crippen LogP contribution in [0.4, 0.5) is 0 Å². The number of ether oxygens (including phenoxy) is 3. The molecule has 1 unspecified atom stereocenters. The summed E-state index contributed by atoms with van der Waals surface area (Å²) in [6, 6.07) is 0. The van der Waals surface area contributed by atoms with Crippen molar-refractivity contribution in [1.29, 1.82) is 0 Å². The van der Waals surface area contributed by atoms with Gasteiger partial charge in [0.2, 0.25) is 0 Å². The van der Waals surface area contributed by atoms with Crippen molar-refractivity contribution in [3.05, 3.63) is 36.5 Å². The van der Waals surface area contributed by atoms with E-state index in [0.29, 0.717) is 19.3 Å². The van der Waals surface area contributed by atoms with Gasteiger partial charge in [-0.2, -0.15) is 0 Å². The first-order valence-corrected chi connectivity index (χ1v) is 30.5. The molecular formula is C63H116O6. The molecule has 0 aliphatic heterocycles. The molecule has 0 saturated heterocycles. The van der Waals surface area contributed by atoms with Crippen LogP contribution in [0, 0.1) is 0 Å². The zero-order valence-electron chi connectivity index (χ0n) is 46.3. The molecule has 0 aromatic carbocycles. The predicted octanol–water partition coefficient (Wildman–Crippen LogP) is 20.4. The van der Waals surface area contributed by atoms with Crippen molar-refractivity contribution in [2.75, 3.05) is 13.2 Å². The number of unbranched alkanes of at least 4 members (excludes halogenated alkanes) is 39. The summed E-state index contributed by atoms with van der Waals surface area (Å²) in [5, 5.41) is 0. The van der Waals surface area contributed by atoms with Gasteiger partial charge in [0, 0.05) is 19.3 Å². The second-order valence-electron chi connectivity index (χ2n) is 20.6. The van der Waals surface area contributed by atoms with Crippen molar-refractivity contribution in [3.63, 3.8) is 0 Å². The summed E-state index contributed by atoms with van der Waals surface area (Å²) in [4.78, 5) is 38.2. The van der Waals surface area contributed by atoms with Gasteiger partial charge in [-0.15, -0.1) is 0 Å². The van der Waals surface area contributed by atoms with Crippen LogP contribution in [0.1, 0.15) is 329 Å². The highest BCUT2D eigenvalue weighted by Gasteiger charge is 2.19. The Morgan fingerprint density at radius 2 is 0.478 bits per heavy atom. The molecule has 0 aromatic rings. The molecule has 69 heavy (non-hydrogen) atoms. The molecule has 0 rings (SSSR count). The molecule has 0 fully saturated rings. The van der Waals surface area contributed by atoms with Gasteiger partial charge in [-0.25, -0.2) is 0 Å². The molecule has 0 heterocycles. The van der Waals surface area contributed by atoms with E-state index in [0.717, 1.165) is 64.2 Å². The highest BCUT2D eigenvalue weighted by Crippen LogP contribution is 2.16. The third-order valence-corrected chi connectivity index (χ3v) is 13.6. The zero-order valence-corrected chi connectivity index (χ0v) is 46.3. The maximum atomic E-state index is 12.9. The Kier molecular flexibility index (Phi) is 56.2. The summed E-state index contributed by atoms with van der Waals surface area (Å²) in [7, 11) is 0. The molecule has 0 aliphatic rings. The molecule has 1 atom stereocenters. The lowest BCUT2D eigenvalue weighted by atomic mass is 10.1. The van der Waals surface area contributed by atoms with E-state index in [4.69, 9.17) is 14.2 Å². The molecule has 0 radical (unpaired) electrons. The molecule has 0 amide bonds. The largest absolute Gasteiger partial charge is 0.462 e. The van der Waals surface area contributed by atoms with Crippen LogP contribution >= 0.6 is 0 Å². The van der Waals surface area contributed by atoms with Crippen LogP contribution in [0.15, 0.2) is 36.5 Å². The SMILES string of the molecule is CCCCCCCC/C=C\CCCCCCCCCCCC(=O)OCC(COC(=O)CCCCCCC/C=C\CCCCCCCC)OC(=O)CCCCCCCCC/C=C\CCCCCCCC. The normalized spacial score (nSPS) is 12.2. The van der Waals surface area contributed by atoms with E-state index in [1.165, 1.54) is 225 Å². The Balaban J connectivity index is 4.35. The van der Waals surface area contributed by atoms with Gasteiger partial charge >= 0.3 is 17.9 Å². The maximum absolute atomic E-state index is 12.9. The van der Waals surface area contributed by atoms with E-state index < -0.39 is 6.10 Å². The van der Waals surface area contributed by atoms with Crippen molar-refractivity contribution < 1.29 is 28.6 Å². The standard InChI is InChI=1S/C63H116O6/c1-4-7-10-13-16-19-22-25-28-30-31-33-35-38-41-44-47-50-53-56-62(65)68-59-60(58-67-61(64)55-52-49-46-43-40-37-34-27-24-21-18-15-12-9-6-3)69-63(66)57-54-51-48-45-42-39-36-32-29-26-23-20-17-14-11-8-5-2/h25-29,34,60H,4-24,30-33,35-59H2,1-3H3/b28-25-,29-26-,34-27-. The molecule has 404 valence electrons. The van der Waals surface area contributed by atoms with Gasteiger partial charge in [-0.1, -0.05) is 250 Å². The Bertz CT molecular complexity index is 1160. The van der Waals surface area contributed by atoms with Gasteiger partial charge in [-0.3, -0.25) is 14.4 Å². The van der Waals surface area contributed by atoms with Gasteiger partial charge in [-0.05, 0) is 96.3 Å². The highest BCUT2D eigenvalue weighted by atomic mass is 16.6. The first kappa shape index (κ1) is 66.6. The second kappa shape index (κ2) is 58.2. The fraction of sp³-hybridized carbons (Fsp3) is 0.857. The van der Waals surface area contributed by atoms with Crippen LogP contribution in [0.5, 0.6) is 0 Å². The average molecular weight is 970 g/mol. The second-order valence-corrected chi connectivity index (χ2v) is 20.6. The first-order valence-electron chi connectivity index (χ1n) is 30.5. The molecule has 0 saturated carbocycles. The Labute approximate surface area is 429 Å². The first-order chi connectivity index (χ1) is 34.0. The van der Waals surface area contributed by atoms with Crippen molar-refractivity contribution >= 4 is 17.9 Å². The van der Waals surface area contributed by atoms with Crippen molar-refractivity contribution in [2.45, 2.75) is 335 Å². The summed E-state index contributed by atoms with van der Waals surface area (Å²) < 4.78 is 16.9. The predicted molar refractivity (Wildman–Crippen MR) is 298 cm³/mol. The molecular weight excluding hydrogens is 853 g/mol. The zero-order chi connectivity index (χ0) is 50.0. The highest BCUT2D eigenvalue weighted by molar-refractivity contribution is 5.71. The lowest BCUT2D eigenvalue weighted by Crippen LogP contribution is -2.30. The summed E-state index contributed by atoms with van der Waals surface area (Å²) in [6.45, 7) is 6.66. The van der Waals surface area contributed by atoms with Crippen LogP contribution in [-0.4, -0.2) is 37.2 Å². The van der Waals surface area contributed by atoms with Crippen molar-refractivity contribution in [2.24, 2.45) is 0 Å². The minimum Gasteiger partial charge on any atom is -0.462 e. The molecule has 0 spiro atoms. The van der Waals surface area contributed by atoms with E-state index in [-0.39, 0.29) is 31.1 Å². The number of hydrogen-bond donors (Lipinski definition) is 0. The molecule has 6 heteroatoms. The molecule has 0 aromatic heterocycles. The van der Waals surface area contributed by atoms with Crippen molar-refractivity contribution in [1.82, 2.24) is 0 Å². The Morgan fingerprint density at radius 3 is 0.725 bits per heavy atom. The Hall–Kier alpha value is -2.37. The fourth-order valence-electron chi connectivity index (χ4n) is 8.96. The van der Waals surface area contributed by atoms with Crippen LogP contribution in [0.2, 0.25) is 0 Å². The van der Waals surface area contributed by atoms with Gasteiger partial charge in [0.1, 0.15) is 13.2 Å². The van der Waals surface area contributed by atoms with Gasteiger partial charge in [0.05, 0.1) is 0 Å². The quantitative estimate of drug-likeness (QED) is 0.0261. The maximum Gasteiger partial charge on any atom is 0.306 e. The van der Waals surface area contributed by atoms with Crippen LogP contribution < -0.4 is 0 Å². The van der Waals surface area contributed by atoms with E-state index >= 15 is 0 Å². The van der Waals surface area contributed by atoms with Gasteiger partial charge < -0.3 is 14.2 Å². The third kappa shape index (κ3) is 56.4. The number of carbonyl (C=O) groups is 3. The number of hydrogen-bond acceptors (Lipinski definition) is 6. The molecule has 0 bridgehead atoms. The average Bonchev–Trinajstić information content (AvgIpc) is 3.35. The number of rotatable bonds is 56. The fourth-order valence-corrected chi connectivity index (χ4v) is 8.96. The van der Waals surface area contributed by atoms with Crippen molar-refractivity contribution in [3.8, 4) is 0 Å².